The summed E-state index contributed by atoms with van der Waals surface area (Å²) in [5, 5.41) is 13.6. The molecule has 0 aliphatic carbocycles. The summed E-state index contributed by atoms with van der Waals surface area (Å²) in [6, 6.07) is 16.2. The number of aromatic nitrogens is 3. The molecule has 0 fully saturated rings. The normalized spacial score (nSPS) is 10.8. The van der Waals surface area contributed by atoms with Crippen LogP contribution in [0.15, 0.2) is 65.6 Å². The van der Waals surface area contributed by atoms with Gasteiger partial charge in [-0.1, -0.05) is 18.2 Å². The van der Waals surface area contributed by atoms with Crippen molar-refractivity contribution in [3.63, 3.8) is 0 Å². The van der Waals surface area contributed by atoms with E-state index < -0.39 is 0 Å². The molecule has 0 unspecified atom stereocenters. The van der Waals surface area contributed by atoms with Gasteiger partial charge in [0.05, 0.1) is 23.9 Å². The Kier molecular flexibility index (Phi) is 4.87. The Hall–Kier alpha value is -3.87. The Bertz CT molecular complexity index is 1230. The van der Waals surface area contributed by atoms with Gasteiger partial charge in [0.1, 0.15) is 11.5 Å². The minimum atomic E-state index is -0.192. The van der Waals surface area contributed by atoms with Crippen LogP contribution in [0.25, 0.3) is 22.2 Å². The predicted octanol–water partition coefficient (Wildman–Crippen LogP) is 3.32. The maximum atomic E-state index is 12.9. The van der Waals surface area contributed by atoms with Gasteiger partial charge in [-0.15, -0.1) is 0 Å². The number of pyridine rings is 1. The van der Waals surface area contributed by atoms with Gasteiger partial charge in [0.25, 0.3) is 5.56 Å². The molecule has 7 heteroatoms. The van der Waals surface area contributed by atoms with Crippen LogP contribution in [0.1, 0.15) is 5.56 Å². The number of phenolic OH excluding ortho intramolecular Hbond substituents is 1. The lowest BCUT2D eigenvalue weighted by atomic mass is 10.1. The Labute approximate surface area is 167 Å². The van der Waals surface area contributed by atoms with Crippen LogP contribution in [-0.4, -0.2) is 26.8 Å². The van der Waals surface area contributed by atoms with Crippen LogP contribution in [0, 0.1) is 0 Å². The van der Waals surface area contributed by atoms with Gasteiger partial charge >= 0.3 is 0 Å². The van der Waals surface area contributed by atoms with Crippen LogP contribution in [0.5, 0.6) is 11.5 Å². The van der Waals surface area contributed by atoms with Crippen molar-refractivity contribution in [3.8, 4) is 22.8 Å². The molecule has 29 heavy (non-hydrogen) atoms. The average Bonchev–Trinajstić information content (AvgIpc) is 2.75. The van der Waals surface area contributed by atoms with Gasteiger partial charge in [0, 0.05) is 25.2 Å². The van der Waals surface area contributed by atoms with E-state index in [-0.39, 0.29) is 11.3 Å². The van der Waals surface area contributed by atoms with Gasteiger partial charge in [0.2, 0.25) is 5.95 Å². The van der Waals surface area contributed by atoms with Crippen molar-refractivity contribution in [1.82, 2.24) is 14.5 Å². The molecule has 0 spiro atoms. The van der Waals surface area contributed by atoms with E-state index in [0.29, 0.717) is 29.3 Å². The van der Waals surface area contributed by atoms with Crippen molar-refractivity contribution < 1.29 is 9.84 Å². The summed E-state index contributed by atoms with van der Waals surface area (Å²) in [6.45, 7) is 0.529. The van der Waals surface area contributed by atoms with Crippen LogP contribution in [-0.2, 0) is 13.6 Å². The molecule has 7 nitrogen and oxygen atoms in total. The first-order valence-corrected chi connectivity index (χ1v) is 9.08. The third-order valence-electron chi connectivity index (χ3n) is 4.73. The van der Waals surface area contributed by atoms with Gasteiger partial charge in [-0.2, -0.15) is 0 Å². The summed E-state index contributed by atoms with van der Waals surface area (Å²) in [5.41, 5.74) is 2.51. The van der Waals surface area contributed by atoms with Gasteiger partial charge < -0.3 is 15.2 Å². The topological polar surface area (TPSA) is 89.3 Å². The lowest BCUT2D eigenvalue weighted by Gasteiger charge is -2.12. The summed E-state index contributed by atoms with van der Waals surface area (Å²) in [4.78, 5) is 21.8. The number of hydrogen-bond acceptors (Lipinski definition) is 6. The van der Waals surface area contributed by atoms with Gasteiger partial charge in [-0.05, 0) is 42.0 Å². The Morgan fingerprint density at radius 3 is 2.66 bits per heavy atom. The number of anilines is 1. The van der Waals surface area contributed by atoms with Crippen molar-refractivity contribution in [1.29, 1.82) is 0 Å². The zero-order valence-electron chi connectivity index (χ0n) is 16.1. The molecule has 2 aromatic carbocycles. The van der Waals surface area contributed by atoms with E-state index in [9.17, 15) is 9.90 Å². The number of hydrogen-bond donors (Lipinski definition) is 2. The fraction of sp³-hybridized carbons (Fsp3) is 0.136. The molecular formula is C22H20N4O3. The highest BCUT2D eigenvalue weighted by atomic mass is 16.5. The molecule has 2 aromatic heterocycles. The molecular weight excluding hydrogens is 368 g/mol. The summed E-state index contributed by atoms with van der Waals surface area (Å²) < 4.78 is 6.63. The lowest BCUT2D eigenvalue weighted by Crippen LogP contribution is -2.23. The second-order valence-electron chi connectivity index (χ2n) is 6.63. The first kappa shape index (κ1) is 18.5. The van der Waals surface area contributed by atoms with E-state index in [2.05, 4.69) is 15.3 Å². The first-order chi connectivity index (χ1) is 14.0. The van der Waals surface area contributed by atoms with Crippen molar-refractivity contribution in [2.45, 2.75) is 6.54 Å². The monoisotopic (exact) mass is 388 g/mol. The maximum absolute atomic E-state index is 12.9. The quantitative estimate of drug-likeness (QED) is 0.545. The van der Waals surface area contributed by atoms with Crippen LogP contribution in [0.4, 0.5) is 5.95 Å². The number of rotatable bonds is 5. The van der Waals surface area contributed by atoms with Gasteiger partial charge in [-0.3, -0.25) is 9.36 Å². The largest absolute Gasteiger partial charge is 0.508 e. The SMILES string of the molecule is COc1ccc(CNc2ncc(-c3ccc4cc(O)ccc4n3)c(=O)n2C)cc1. The van der Waals surface area contributed by atoms with Crippen molar-refractivity contribution in [3.05, 3.63) is 76.7 Å². The number of nitrogens with zero attached hydrogens (tertiary/aromatic N) is 3. The molecule has 146 valence electrons. The smallest absolute Gasteiger partial charge is 0.264 e. The average molecular weight is 388 g/mol. The van der Waals surface area contributed by atoms with Gasteiger partial charge in [0.15, 0.2) is 0 Å². The molecule has 0 atom stereocenters. The summed E-state index contributed by atoms with van der Waals surface area (Å²) in [5.74, 6) is 1.44. The molecule has 2 N–H and O–H groups in total. The molecule has 0 saturated heterocycles. The number of fused-ring (bicyclic) bond motifs is 1. The first-order valence-electron chi connectivity index (χ1n) is 9.08. The Morgan fingerprint density at radius 2 is 1.90 bits per heavy atom. The molecule has 0 aliphatic heterocycles. The third-order valence-corrected chi connectivity index (χ3v) is 4.73. The van der Waals surface area contributed by atoms with Crippen molar-refractivity contribution in [2.24, 2.45) is 7.05 Å². The second-order valence-corrected chi connectivity index (χ2v) is 6.63. The minimum absolute atomic E-state index is 0.178. The molecule has 0 radical (unpaired) electrons. The molecule has 4 aromatic rings. The molecule has 0 amide bonds. The Balaban J connectivity index is 1.59. The fourth-order valence-electron chi connectivity index (χ4n) is 3.07. The summed E-state index contributed by atoms with van der Waals surface area (Å²) >= 11 is 0. The highest BCUT2D eigenvalue weighted by molar-refractivity contribution is 5.82. The lowest BCUT2D eigenvalue weighted by molar-refractivity contribution is 0.414. The van der Waals surface area contributed by atoms with E-state index >= 15 is 0 Å². The summed E-state index contributed by atoms with van der Waals surface area (Å²) in [6.07, 6.45) is 1.53. The Morgan fingerprint density at radius 1 is 1.10 bits per heavy atom. The van der Waals surface area contributed by atoms with Crippen LogP contribution in [0.3, 0.4) is 0 Å². The molecule has 4 rings (SSSR count). The number of phenols is 1. The highest BCUT2D eigenvalue weighted by Crippen LogP contribution is 2.22. The number of benzene rings is 2. The van der Waals surface area contributed by atoms with Crippen LogP contribution >= 0.6 is 0 Å². The number of aromatic hydroxyl groups is 1. The van der Waals surface area contributed by atoms with Crippen molar-refractivity contribution >= 4 is 16.9 Å². The number of methoxy groups -OCH3 is 1. The molecule has 0 aliphatic rings. The molecule has 0 saturated carbocycles. The van der Waals surface area contributed by atoms with Crippen LogP contribution in [0.2, 0.25) is 0 Å². The molecule has 0 bridgehead atoms. The van der Waals surface area contributed by atoms with Crippen molar-refractivity contribution in [2.75, 3.05) is 12.4 Å². The third kappa shape index (κ3) is 3.75. The zero-order chi connectivity index (χ0) is 20.4. The zero-order valence-corrected chi connectivity index (χ0v) is 16.1. The van der Waals surface area contributed by atoms with E-state index in [1.807, 2.05) is 30.3 Å². The minimum Gasteiger partial charge on any atom is -0.508 e. The maximum Gasteiger partial charge on any atom is 0.264 e. The van der Waals surface area contributed by atoms with Crippen LogP contribution < -0.4 is 15.6 Å². The van der Waals surface area contributed by atoms with E-state index in [4.69, 9.17) is 4.74 Å². The second kappa shape index (κ2) is 7.63. The van der Waals surface area contributed by atoms with Gasteiger partial charge in [-0.25, -0.2) is 9.97 Å². The van der Waals surface area contributed by atoms with E-state index in [1.54, 1.807) is 38.4 Å². The summed E-state index contributed by atoms with van der Waals surface area (Å²) in [7, 11) is 3.30. The number of nitrogens with one attached hydrogen (secondary N) is 1. The number of ether oxygens (including phenoxy) is 1. The predicted molar refractivity (Wildman–Crippen MR) is 112 cm³/mol. The molecule has 2 heterocycles. The van der Waals surface area contributed by atoms with E-state index in [0.717, 1.165) is 16.7 Å². The fourth-order valence-corrected chi connectivity index (χ4v) is 3.07. The standard InChI is InChI=1S/C22H20N4O3/c1-26-21(28)18(20-9-5-15-11-16(27)6-10-19(15)25-20)13-24-22(26)23-12-14-3-7-17(29-2)8-4-14/h3-11,13,27H,12H2,1-2H3,(H,23,24). The highest BCUT2D eigenvalue weighted by Gasteiger charge is 2.11. The van der Waals surface area contributed by atoms with E-state index in [1.165, 1.54) is 10.8 Å².